The average Bonchev–Trinajstić information content (AvgIpc) is 3.24. The van der Waals surface area contributed by atoms with E-state index in [2.05, 4.69) is 10.1 Å². The molecule has 23 heavy (non-hydrogen) atoms. The fourth-order valence-corrected chi connectivity index (χ4v) is 3.94. The van der Waals surface area contributed by atoms with Crippen molar-refractivity contribution in [3.05, 3.63) is 17.5 Å². The molecule has 0 unspecified atom stereocenters. The summed E-state index contributed by atoms with van der Waals surface area (Å²) in [4.78, 5) is 17.2. The lowest BCUT2D eigenvalue weighted by molar-refractivity contribution is 0.0463. The van der Waals surface area contributed by atoms with Crippen LogP contribution in [0.4, 0.5) is 0 Å². The minimum Gasteiger partial charge on any atom is -0.396 e. The number of piperidine rings is 1. The third kappa shape index (κ3) is 3.75. The Bertz CT molecular complexity index is 525. The second kappa shape index (κ2) is 7.45. The molecule has 0 aromatic carbocycles. The Kier molecular flexibility index (Phi) is 5.33. The van der Waals surface area contributed by atoms with Crippen LogP contribution in [0, 0.1) is 11.8 Å². The molecule has 2 saturated heterocycles. The van der Waals surface area contributed by atoms with Crippen molar-refractivity contribution in [1.82, 2.24) is 15.0 Å². The van der Waals surface area contributed by atoms with Crippen molar-refractivity contribution in [2.75, 3.05) is 39.3 Å². The van der Waals surface area contributed by atoms with Crippen LogP contribution in [0.5, 0.6) is 0 Å². The molecule has 2 fully saturated rings. The van der Waals surface area contributed by atoms with E-state index in [-0.39, 0.29) is 18.4 Å². The average molecular weight is 321 g/mol. The number of carbonyl (C=O) groups excluding carboxylic acids is 1. The van der Waals surface area contributed by atoms with Crippen LogP contribution in [0.15, 0.2) is 10.7 Å². The number of amides is 1. The van der Waals surface area contributed by atoms with Crippen molar-refractivity contribution in [2.45, 2.75) is 32.6 Å². The van der Waals surface area contributed by atoms with E-state index in [0.717, 1.165) is 19.5 Å². The van der Waals surface area contributed by atoms with Gasteiger partial charge in [-0.1, -0.05) is 12.1 Å². The largest absolute Gasteiger partial charge is 0.396 e. The van der Waals surface area contributed by atoms with E-state index in [0.29, 0.717) is 30.2 Å². The van der Waals surface area contributed by atoms with E-state index >= 15 is 0 Å². The predicted molar refractivity (Wildman–Crippen MR) is 86.1 cm³/mol. The molecule has 0 spiro atoms. The number of nitrogens with zero attached hydrogens (tertiary/aromatic N) is 3. The summed E-state index contributed by atoms with van der Waals surface area (Å²) in [6.45, 7) is 6.86. The summed E-state index contributed by atoms with van der Waals surface area (Å²) in [6, 6.07) is 0. The van der Waals surface area contributed by atoms with E-state index in [1.165, 1.54) is 32.1 Å². The van der Waals surface area contributed by atoms with Crippen molar-refractivity contribution < 1.29 is 14.4 Å². The molecule has 2 aliphatic rings. The molecule has 2 atom stereocenters. The maximum absolute atomic E-state index is 12.8. The van der Waals surface area contributed by atoms with Gasteiger partial charge in [-0.05, 0) is 44.2 Å². The van der Waals surface area contributed by atoms with E-state index < -0.39 is 0 Å². The molecule has 6 heteroatoms. The first-order valence-electron chi connectivity index (χ1n) is 8.77. The van der Waals surface area contributed by atoms with Crippen molar-refractivity contribution in [3.8, 4) is 0 Å². The third-order valence-corrected chi connectivity index (χ3v) is 5.08. The highest BCUT2D eigenvalue weighted by molar-refractivity contribution is 5.95. The molecule has 3 rings (SSSR count). The standard InChI is InChI=1S/C17H27N3O3/c1-2-16-15(8-18-23-16)17(22)20-10-13(7-14(11-20)12-21)9-19-5-3-4-6-19/h8,13-14,21H,2-7,9-12H2,1H3/t13-,14-/m1/s1. The Balaban J connectivity index is 1.68. The number of likely N-dealkylation sites (tertiary alicyclic amines) is 2. The summed E-state index contributed by atoms with van der Waals surface area (Å²) in [5, 5.41) is 13.4. The minimum absolute atomic E-state index is 0.00679. The van der Waals surface area contributed by atoms with Crippen molar-refractivity contribution >= 4 is 5.91 Å². The van der Waals surface area contributed by atoms with Gasteiger partial charge >= 0.3 is 0 Å². The van der Waals surface area contributed by atoms with Gasteiger partial charge in [0.1, 0.15) is 11.3 Å². The van der Waals surface area contributed by atoms with Gasteiger partial charge in [0.05, 0.1) is 6.20 Å². The highest BCUT2D eigenvalue weighted by Gasteiger charge is 2.32. The first-order valence-corrected chi connectivity index (χ1v) is 8.77. The van der Waals surface area contributed by atoms with Crippen LogP contribution >= 0.6 is 0 Å². The number of aliphatic hydroxyl groups is 1. The highest BCUT2D eigenvalue weighted by atomic mass is 16.5. The van der Waals surface area contributed by atoms with Gasteiger partial charge in [0.15, 0.2) is 0 Å². The lowest BCUT2D eigenvalue weighted by Crippen LogP contribution is -2.47. The van der Waals surface area contributed by atoms with Gasteiger partial charge in [0.25, 0.3) is 5.91 Å². The first-order chi connectivity index (χ1) is 11.2. The van der Waals surface area contributed by atoms with Gasteiger partial charge in [-0.2, -0.15) is 0 Å². The summed E-state index contributed by atoms with van der Waals surface area (Å²) in [5.74, 6) is 1.25. The molecule has 1 N–H and O–H groups in total. The van der Waals surface area contributed by atoms with Gasteiger partial charge in [-0.25, -0.2) is 0 Å². The van der Waals surface area contributed by atoms with Crippen LogP contribution in [-0.4, -0.2) is 65.3 Å². The zero-order valence-corrected chi connectivity index (χ0v) is 13.9. The molecule has 1 aromatic heterocycles. The Morgan fingerprint density at radius 1 is 1.35 bits per heavy atom. The molecule has 0 bridgehead atoms. The minimum atomic E-state index is -0.00679. The SMILES string of the molecule is CCc1oncc1C(=O)N1C[C@H](CO)C[C@H](CN2CCCC2)C1. The smallest absolute Gasteiger partial charge is 0.259 e. The summed E-state index contributed by atoms with van der Waals surface area (Å²) in [7, 11) is 0. The molecule has 0 radical (unpaired) electrons. The van der Waals surface area contributed by atoms with Gasteiger partial charge in [0, 0.05) is 32.7 Å². The zero-order valence-electron chi connectivity index (χ0n) is 13.9. The molecule has 3 heterocycles. The highest BCUT2D eigenvalue weighted by Crippen LogP contribution is 2.26. The quantitative estimate of drug-likeness (QED) is 0.888. The summed E-state index contributed by atoms with van der Waals surface area (Å²) >= 11 is 0. The number of aryl methyl sites for hydroxylation is 1. The van der Waals surface area contributed by atoms with E-state index in [9.17, 15) is 9.90 Å². The van der Waals surface area contributed by atoms with Crippen LogP contribution in [0.25, 0.3) is 0 Å². The lowest BCUT2D eigenvalue weighted by Gasteiger charge is -2.38. The van der Waals surface area contributed by atoms with Gasteiger partial charge in [0.2, 0.25) is 0 Å². The summed E-state index contributed by atoms with van der Waals surface area (Å²) in [5.41, 5.74) is 0.575. The van der Waals surface area contributed by atoms with Crippen molar-refractivity contribution in [3.63, 3.8) is 0 Å². The Hall–Kier alpha value is -1.40. The van der Waals surface area contributed by atoms with Crippen LogP contribution in [0.2, 0.25) is 0 Å². The van der Waals surface area contributed by atoms with Gasteiger partial charge < -0.3 is 19.4 Å². The Morgan fingerprint density at radius 2 is 2.09 bits per heavy atom. The monoisotopic (exact) mass is 321 g/mol. The summed E-state index contributed by atoms with van der Waals surface area (Å²) < 4.78 is 5.16. The molecule has 2 aliphatic heterocycles. The topological polar surface area (TPSA) is 69.8 Å². The van der Waals surface area contributed by atoms with Gasteiger partial charge in [-0.15, -0.1) is 0 Å². The number of aliphatic hydroxyl groups excluding tert-OH is 1. The number of hydrogen-bond donors (Lipinski definition) is 1. The zero-order chi connectivity index (χ0) is 16.2. The van der Waals surface area contributed by atoms with Crippen LogP contribution < -0.4 is 0 Å². The van der Waals surface area contributed by atoms with Crippen molar-refractivity contribution in [1.29, 1.82) is 0 Å². The molecule has 0 aliphatic carbocycles. The molecule has 0 saturated carbocycles. The van der Waals surface area contributed by atoms with Crippen LogP contribution in [0.1, 0.15) is 42.3 Å². The van der Waals surface area contributed by atoms with Crippen molar-refractivity contribution in [2.24, 2.45) is 11.8 Å². The van der Waals surface area contributed by atoms with Crippen LogP contribution in [0.3, 0.4) is 0 Å². The molecule has 128 valence electrons. The third-order valence-electron chi connectivity index (χ3n) is 5.08. The lowest BCUT2D eigenvalue weighted by atomic mass is 9.89. The maximum atomic E-state index is 12.8. The van der Waals surface area contributed by atoms with Crippen LogP contribution in [-0.2, 0) is 6.42 Å². The fraction of sp³-hybridized carbons (Fsp3) is 0.765. The molecule has 6 nitrogen and oxygen atoms in total. The number of aromatic nitrogens is 1. The molecule has 1 amide bonds. The molecule has 1 aromatic rings. The molecular formula is C17H27N3O3. The Labute approximate surface area is 137 Å². The van der Waals surface area contributed by atoms with Gasteiger partial charge in [-0.3, -0.25) is 4.79 Å². The number of rotatable bonds is 5. The molecular weight excluding hydrogens is 294 g/mol. The van der Waals surface area contributed by atoms with E-state index in [4.69, 9.17) is 4.52 Å². The number of carbonyl (C=O) groups is 1. The predicted octanol–water partition coefficient (Wildman–Crippen LogP) is 1.40. The maximum Gasteiger partial charge on any atom is 0.259 e. The second-order valence-electron chi connectivity index (χ2n) is 6.88. The van der Waals surface area contributed by atoms with E-state index in [1.807, 2.05) is 11.8 Å². The number of hydrogen-bond acceptors (Lipinski definition) is 5. The first kappa shape index (κ1) is 16.5. The van der Waals surface area contributed by atoms with E-state index in [1.54, 1.807) is 0 Å². The Morgan fingerprint density at radius 3 is 2.78 bits per heavy atom. The second-order valence-corrected chi connectivity index (χ2v) is 6.88. The summed E-state index contributed by atoms with van der Waals surface area (Å²) in [6.07, 6.45) is 5.74. The fourth-order valence-electron chi connectivity index (χ4n) is 3.94. The normalized spacial score (nSPS) is 25.9.